The van der Waals surface area contributed by atoms with Crippen LogP contribution in [0.15, 0.2) is 24.3 Å². The molecule has 4 atom stereocenters. The molecule has 1 aliphatic heterocycles. The molecule has 7 N–H and O–H groups in total. The number of hydrogen-bond acceptors (Lipinski definition) is 7. The van der Waals surface area contributed by atoms with Gasteiger partial charge in [0.15, 0.2) is 0 Å². The standard InChI is InChI=1S/C23H34N4O7/c1-13(2)10-16(24)20(30)25-17(11-14-5-7-15(29)8-6-14)22(32)27-9-3-4-19(27)21(31)26-18(12-28)23(33)34/h5-8,13,16-19,28-29H,3-4,9-12,24H2,1-2H3,(H,25,30)(H,26,31)(H,33,34). The van der Waals surface area contributed by atoms with E-state index >= 15 is 0 Å². The Labute approximate surface area is 198 Å². The lowest BCUT2D eigenvalue weighted by Gasteiger charge is -2.30. The average Bonchev–Trinajstić information content (AvgIpc) is 3.27. The van der Waals surface area contributed by atoms with Gasteiger partial charge in [-0.25, -0.2) is 4.79 Å². The van der Waals surface area contributed by atoms with Crippen molar-refractivity contribution in [1.82, 2.24) is 15.5 Å². The molecule has 1 saturated heterocycles. The summed E-state index contributed by atoms with van der Waals surface area (Å²) in [5.41, 5.74) is 6.67. The van der Waals surface area contributed by atoms with Crippen LogP contribution < -0.4 is 16.4 Å². The summed E-state index contributed by atoms with van der Waals surface area (Å²) in [5.74, 6) is -2.82. The second-order valence-corrected chi connectivity index (χ2v) is 8.94. The van der Waals surface area contributed by atoms with Crippen LogP contribution in [0.4, 0.5) is 0 Å². The molecule has 2 rings (SSSR count). The van der Waals surface area contributed by atoms with Crippen LogP contribution in [-0.2, 0) is 25.6 Å². The molecule has 1 aromatic carbocycles. The Kier molecular flexibility index (Phi) is 9.82. The van der Waals surface area contributed by atoms with Crippen LogP contribution in [-0.4, -0.2) is 81.2 Å². The summed E-state index contributed by atoms with van der Waals surface area (Å²) in [7, 11) is 0. The normalized spacial score (nSPS) is 18.3. The lowest BCUT2D eigenvalue weighted by atomic mass is 10.0. The Balaban J connectivity index is 2.22. The molecule has 0 radical (unpaired) electrons. The minimum atomic E-state index is -1.48. The number of hydrogen-bond donors (Lipinski definition) is 6. The van der Waals surface area contributed by atoms with E-state index in [1.807, 2.05) is 13.8 Å². The van der Waals surface area contributed by atoms with E-state index in [-0.39, 0.29) is 24.6 Å². The SMILES string of the molecule is CC(C)CC(N)C(=O)NC(Cc1ccc(O)cc1)C(=O)N1CCCC1C(=O)NC(CO)C(=O)O. The first kappa shape index (κ1) is 27.1. The topological polar surface area (TPSA) is 182 Å². The highest BCUT2D eigenvalue weighted by atomic mass is 16.4. The van der Waals surface area contributed by atoms with Crippen molar-refractivity contribution >= 4 is 23.7 Å². The summed E-state index contributed by atoms with van der Waals surface area (Å²) in [5, 5.41) is 32.8. The van der Waals surface area contributed by atoms with Gasteiger partial charge in [0, 0.05) is 13.0 Å². The second kappa shape index (κ2) is 12.3. The summed E-state index contributed by atoms with van der Waals surface area (Å²) in [6, 6.07) is 1.96. The number of aliphatic hydroxyl groups excluding tert-OH is 1. The first-order chi connectivity index (χ1) is 16.0. The largest absolute Gasteiger partial charge is 0.508 e. The molecule has 1 fully saturated rings. The van der Waals surface area contributed by atoms with Gasteiger partial charge in [-0.05, 0) is 42.9 Å². The minimum Gasteiger partial charge on any atom is -0.508 e. The molecule has 0 aromatic heterocycles. The number of amides is 3. The van der Waals surface area contributed by atoms with Gasteiger partial charge in [0.25, 0.3) is 0 Å². The van der Waals surface area contributed by atoms with Gasteiger partial charge in [0.2, 0.25) is 17.7 Å². The molecular formula is C23H34N4O7. The summed E-state index contributed by atoms with van der Waals surface area (Å²) in [6.45, 7) is 3.33. The number of aliphatic carboxylic acids is 1. The third-order valence-electron chi connectivity index (χ3n) is 5.69. The number of phenolic OH excluding ortho intramolecular Hbond substituents is 1. The Morgan fingerprint density at radius 1 is 1.12 bits per heavy atom. The smallest absolute Gasteiger partial charge is 0.328 e. The van der Waals surface area contributed by atoms with Gasteiger partial charge in [0.1, 0.15) is 23.9 Å². The maximum absolute atomic E-state index is 13.5. The maximum atomic E-state index is 13.5. The molecule has 11 heteroatoms. The van der Waals surface area contributed by atoms with Crippen molar-refractivity contribution in [2.45, 2.75) is 63.7 Å². The first-order valence-corrected chi connectivity index (χ1v) is 11.3. The Morgan fingerprint density at radius 3 is 2.32 bits per heavy atom. The fourth-order valence-corrected chi connectivity index (χ4v) is 3.92. The van der Waals surface area contributed by atoms with E-state index in [0.717, 1.165) is 0 Å². The predicted molar refractivity (Wildman–Crippen MR) is 123 cm³/mol. The Hall–Kier alpha value is -3.18. The molecule has 4 unspecified atom stereocenters. The molecule has 1 heterocycles. The lowest BCUT2D eigenvalue weighted by Crippen LogP contribution is -2.57. The van der Waals surface area contributed by atoms with Gasteiger partial charge >= 0.3 is 5.97 Å². The monoisotopic (exact) mass is 478 g/mol. The van der Waals surface area contributed by atoms with Crippen LogP contribution in [0.3, 0.4) is 0 Å². The van der Waals surface area contributed by atoms with Crippen molar-refractivity contribution < 1.29 is 34.5 Å². The third kappa shape index (κ3) is 7.42. The predicted octanol–water partition coefficient (Wildman–Crippen LogP) is -0.654. The minimum absolute atomic E-state index is 0.0581. The van der Waals surface area contributed by atoms with Crippen molar-refractivity contribution in [1.29, 1.82) is 0 Å². The van der Waals surface area contributed by atoms with E-state index in [9.17, 15) is 29.4 Å². The highest BCUT2D eigenvalue weighted by molar-refractivity contribution is 5.94. The number of nitrogens with two attached hydrogens (primary N) is 1. The Morgan fingerprint density at radius 2 is 1.76 bits per heavy atom. The summed E-state index contributed by atoms with van der Waals surface area (Å²) in [6.07, 6.45) is 1.38. The molecule has 34 heavy (non-hydrogen) atoms. The molecule has 0 saturated carbocycles. The van der Waals surface area contributed by atoms with Crippen LogP contribution in [0.25, 0.3) is 0 Å². The fourth-order valence-electron chi connectivity index (χ4n) is 3.92. The van der Waals surface area contributed by atoms with Gasteiger partial charge in [-0.1, -0.05) is 26.0 Å². The van der Waals surface area contributed by atoms with Crippen molar-refractivity contribution in [3.63, 3.8) is 0 Å². The zero-order chi connectivity index (χ0) is 25.4. The first-order valence-electron chi connectivity index (χ1n) is 11.3. The number of aliphatic hydroxyl groups is 1. The zero-order valence-electron chi connectivity index (χ0n) is 19.4. The van der Waals surface area contributed by atoms with E-state index in [0.29, 0.717) is 24.8 Å². The molecule has 1 aliphatic rings. The summed E-state index contributed by atoms with van der Waals surface area (Å²) < 4.78 is 0. The average molecular weight is 479 g/mol. The van der Waals surface area contributed by atoms with Crippen molar-refractivity contribution in [3.8, 4) is 5.75 Å². The number of aromatic hydroxyl groups is 1. The van der Waals surface area contributed by atoms with Crippen molar-refractivity contribution in [2.24, 2.45) is 11.7 Å². The summed E-state index contributed by atoms with van der Waals surface area (Å²) >= 11 is 0. The number of carbonyl (C=O) groups is 4. The molecule has 3 amide bonds. The van der Waals surface area contributed by atoms with Gasteiger partial charge in [-0.2, -0.15) is 0 Å². The van der Waals surface area contributed by atoms with Crippen molar-refractivity contribution in [2.75, 3.05) is 13.2 Å². The highest BCUT2D eigenvalue weighted by Gasteiger charge is 2.39. The van der Waals surface area contributed by atoms with E-state index < -0.39 is 54.5 Å². The van der Waals surface area contributed by atoms with E-state index in [2.05, 4.69) is 10.6 Å². The van der Waals surface area contributed by atoms with Crippen LogP contribution in [0.5, 0.6) is 5.75 Å². The molecule has 1 aromatic rings. The molecule has 0 aliphatic carbocycles. The number of nitrogens with one attached hydrogen (secondary N) is 2. The van der Waals surface area contributed by atoms with Crippen LogP contribution in [0.2, 0.25) is 0 Å². The number of phenols is 1. The zero-order valence-corrected chi connectivity index (χ0v) is 19.4. The third-order valence-corrected chi connectivity index (χ3v) is 5.69. The highest BCUT2D eigenvalue weighted by Crippen LogP contribution is 2.21. The van der Waals surface area contributed by atoms with Gasteiger partial charge in [-0.3, -0.25) is 14.4 Å². The molecule has 188 valence electrons. The molecular weight excluding hydrogens is 444 g/mol. The van der Waals surface area contributed by atoms with E-state index in [4.69, 9.17) is 10.8 Å². The van der Waals surface area contributed by atoms with Gasteiger partial charge in [0.05, 0.1) is 12.6 Å². The molecule has 0 spiro atoms. The Bertz CT molecular complexity index is 875. The number of likely N-dealkylation sites (tertiary alicyclic amines) is 1. The number of rotatable bonds is 11. The van der Waals surface area contributed by atoms with Crippen LogP contribution >= 0.6 is 0 Å². The molecule has 0 bridgehead atoms. The fraction of sp³-hybridized carbons (Fsp3) is 0.565. The lowest BCUT2D eigenvalue weighted by molar-refractivity contribution is -0.145. The van der Waals surface area contributed by atoms with Crippen LogP contribution in [0, 0.1) is 5.92 Å². The van der Waals surface area contributed by atoms with E-state index in [1.165, 1.54) is 17.0 Å². The van der Waals surface area contributed by atoms with Crippen LogP contribution in [0.1, 0.15) is 38.7 Å². The maximum Gasteiger partial charge on any atom is 0.328 e. The number of carboxylic acids is 1. The number of nitrogens with zero attached hydrogens (tertiary/aromatic N) is 1. The van der Waals surface area contributed by atoms with E-state index in [1.54, 1.807) is 12.1 Å². The molecule has 11 nitrogen and oxygen atoms in total. The van der Waals surface area contributed by atoms with Gasteiger partial charge < -0.3 is 36.6 Å². The number of carbonyl (C=O) groups excluding carboxylic acids is 3. The number of benzene rings is 1. The summed E-state index contributed by atoms with van der Waals surface area (Å²) in [4.78, 5) is 51.4. The quantitative estimate of drug-likeness (QED) is 0.242. The van der Waals surface area contributed by atoms with Crippen molar-refractivity contribution in [3.05, 3.63) is 29.8 Å². The van der Waals surface area contributed by atoms with Gasteiger partial charge in [-0.15, -0.1) is 0 Å². The number of carboxylic acid groups (broad SMARTS) is 1. The second-order valence-electron chi connectivity index (χ2n) is 8.94.